The van der Waals surface area contributed by atoms with Crippen molar-refractivity contribution in [3.8, 4) is 22.3 Å². The van der Waals surface area contributed by atoms with Gasteiger partial charge in [0.1, 0.15) is 0 Å². The second-order valence-corrected chi connectivity index (χ2v) is 15.2. The Morgan fingerprint density at radius 2 is 0.935 bits per heavy atom. The molecule has 4 aromatic carbocycles. The summed E-state index contributed by atoms with van der Waals surface area (Å²) in [5, 5.41) is 0. The monoisotopic (exact) mass is 696 g/mol. The molecule has 4 aromatic rings. The van der Waals surface area contributed by atoms with Crippen LogP contribution in [0.15, 0.2) is 96.1 Å². The van der Waals surface area contributed by atoms with E-state index < -0.39 is 0 Å². The standard InChI is InChI=1S/C44H50Si.Zr/c1-7-11-35-25-41-37(33-21-17-31(18-22-33)29(3)4)13-9-15-39(41)43(35)27-45-28-44-36(12-8-2)26-42-38(14-10-16-40(42)44)34-23-19-32(20-24-34)30(5)6;/h9-10,13-26,29-30,43-44H,7-8,11-12,27-28H2,1-6H3;. The molecule has 2 aliphatic rings. The first-order valence-corrected chi connectivity index (χ1v) is 18.9. The van der Waals surface area contributed by atoms with Crippen molar-refractivity contribution >= 4 is 21.7 Å². The molecular formula is C44H50SiZr. The van der Waals surface area contributed by atoms with E-state index in [2.05, 4.69) is 139 Å². The van der Waals surface area contributed by atoms with E-state index in [1.54, 1.807) is 22.3 Å². The van der Waals surface area contributed by atoms with Gasteiger partial charge in [-0.3, -0.25) is 0 Å². The quantitative estimate of drug-likeness (QED) is 0.129. The van der Waals surface area contributed by atoms with Crippen LogP contribution in [0.3, 0.4) is 0 Å². The van der Waals surface area contributed by atoms with Crippen LogP contribution in [0.4, 0.5) is 0 Å². The molecule has 2 aliphatic carbocycles. The van der Waals surface area contributed by atoms with Gasteiger partial charge >= 0.3 is 0 Å². The molecule has 0 amide bonds. The van der Waals surface area contributed by atoms with Gasteiger partial charge in [0.15, 0.2) is 0 Å². The van der Waals surface area contributed by atoms with Crippen LogP contribution in [0, 0.1) is 0 Å². The van der Waals surface area contributed by atoms with Crippen LogP contribution in [0.25, 0.3) is 34.4 Å². The summed E-state index contributed by atoms with van der Waals surface area (Å²) in [6.45, 7) is 13.8. The van der Waals surface area contributed by atoms with Crippen molar-refractivity contribution in [3.63, 3.8) is 0 Å². The molecule has 46 heavy (non-hydrogen) atoms. The number of hydrogen-bond acceptors (Lipinski definition) is 0. The fourth-order valence-corrected chi connectivity index (χ4v) is 9.30. The third-order valence-electron chi connectivity index (χ3n) is 10.1. The summed E-state index contributed by atoms with van der Waals surface area (Å²) in [7, 11) is 0.941. The Morgan fingerprint density at radius 3 is 1.28 bits per heavy atom. The molecular weight excluding hydrogens is 648 g/mol. The van der Waals surface area contributed by atoms with Gasteiger partial charge in [0.05, 0.1) is 0 Å². The van der Waals surface area contributed by atoms with Crippen LogP contribution < -0.4 is 0 Å². The number of fused-ring (bicyclic) bond motifs is 2. The molecule has 0 aromatic heterocycles. The molecule has 0 aliphatic heterocycles. The van der Waals surface area contributed by atoms with E-state index in [0.29, 0.717) is 23.7 Å². The molecule has 0 fully saturated rings. The van der Waals surface area contributed by atoms with Crippen LogP contribution >= 0.6 is 0 Å². The third kappa shape index (κ3) is 7.15. The maximum Gasteiger partial charge on any atom is 0.0397 e. The number of allylic oxidation sites excluding steroid dienone is 2. The van der Waals surface area contributed by atoms with E-state index in [-0.39, 0.29) is 26.2 Å². The van der Waals surface area contributed by atoms with Crippen molar-refractivity contribution in [1.29, 1.82) is 0 Å². The summed E-state index contributed by atoms with van der Waals surface area (Å²) in [5.41, 5.74) is 17.7. The molecule has 2 heteroatoms. The first kappa shape index (κ1) is 34.8. The van der Waals surface area contributed by atoms with Gasteiger partial charge in [0.25, 0.3) is 0 Å². The molecule has 234 valence electrons. The van der Waals surface area contributed by atoms with E-state index in [0.717, 1.165) is 9.52 Å². The van der Waals surface area contributed by atoms with Gasteiger partial charge in [-0.1, -0.05) is 175 Å². The Morgan fingerprint density at radius 1 is 0.543 bits per heavy atom. The average Bonchev–Trinajstić information content (AvgIpc) is 3.59. The van der Waals surface area contributed by atoms with Gasteiger partial charge in [0.2, 0.25) is 0 Å². The fraction of sp³-hybridized carbons (Fsp3) is 0.364. The third-order valence-corrected chi connectivity index (χ3v) is 11.5. The zero-order chi connectivity index (χ0) is 31.5. The molecule has 2 radical (unpaired) electrons. The Kier molecular flexibility index (Phi) is 11.8. The Labute approximate surface area is 300 Å². The van der Waals surface area contributed by atoms with Gasteiger partial charge in [0, 0.05) is 47.6 Å². The molecule has 0 saturated heterocycles. The predicted octanol–water partition coefficient (Wildman–Crippen LogP) is 13.1. The average molecular weight is 698 g/mol. The van der Waals surface area contributed by atoms with Gasteiger partial charge < -0.3 is 0 Å². The van der Waals surface area contributed by atoms with E-state index >= 15 is 0 Å². The first-order chi connectivity index (χ1) is 21.9. The van der Waals surface area contributed by atoms with Gasteiger partial charge in [-0.25, -0.2) is 0 Å². The van der Waals surface area contributed by atoms with Crippen molar-refractivity contribution in [1.82, 2.24) is 0 Å². The van der Waals surface area contributed by atoms with Crippen molar-refractivity contribution < 1.29 is 26.2 Å². The zero-order valence-electron chi connectivity index (χ0n) is 28.8. The maximum absolute atomic E-state index is 2.56. The van der Waals surface area contributed by atoms with Gasteiger partial charge in [-0.05, 0) is 80.3 Å². The van der Waals surface area contributed by atoms with Crippen LogP contribution in [0.2, 0.25) is 12.1 Å². The number of hydrogen-bond donors (Lipinski definition) is 0. The van der Waals surface area contributed by atoms with Crippen molar-refractivity contribution in [3.05, 3.63) is 129 Å². The van der Waals surface area contributed by atoms with E-state index in [1.807, 2.05) is 0 Å². The second-order valence-electron chi connectivity index (χ2n) is 13.9. The van der Waals surface area contributed by atoms with E-state index in [1.165, 1.54) is 82.3 Å². The predicted molar refractivity (Wildman–Crippen MR) is 199 cm³/mol. The molecule has 0 N–H and O–H groups in total. The zero-order valence-corrected chi connectivity index (χ0v) is 32.2. The van der Waals surface area contributed by atoms with Crippen LogP contribution in [0.1, 0.15) is 124 Å². The Bertz CT molecular complexity index is 1560. The number of benzene rings is 4. The largest absolute Gasteiger partial charge is 0.0651 e. The first-order valence-electron chi connectivity index (χ1n) is 17.5. The van der Waals surface area contributed by atoms with Crippen LogP contribution in [-0.4, -0.2) is 9.52 Å². The molecule has 2 atom stereocenters. The SMILES string of the molecule is CCCC1=Cc2c(-c3ccc(C(C)C)cc3)cccc2C1C[Si]CC1C(CCC)=Cc2c(-c3ccc(C(C)C)cc3)cccc21.[Zr]. The molecule has 0 saturated carbocycles. The topological polar surface area (TPSA) is 0 Å². The second kappa shape index (κ2) is 15.6. The minimum absolute atomic E-state index is 0. The van der Waals surface area contributed by atoms with Crippen molar-refractivity contribution in [2.75, 3.05) is 0 Å². The molecule has 6 rings (SSSR count). The summed E-state index contributed by atoms with van der Waals surface area (Å²) < 4.78 is 0. The fourth-order valence-electron chi connectivity index (χ4n) is 7.59. The summed E-state index contributed by atoms with van der Waals surface area (Å²) in [5.74, 6) is 2.23. The van der Waals surface area contributed by atoms with E-state index in [9.17, 15) is 0 Å². The molecule has 0 spiro atoms. The van der Waals surface area contributed by atoms with E-state index in [4.69, 9.17) is 0 Å². The minimum Gasteiger partial charge on any atom is -0.0651 e. The molecule has 0 nitrogen and oxygen atoms in total. The van der Waals surface area contributed by atoms with Crippen LogP contribution in [0.5, 0.6) is 0 Å². The summed E-state index contributed by atoms with van der Waals surface area (Å²) in [4.78, 5) is 0. The smallest absolute Gasteiger partial charge is 0.0397 e. The maximum atomic E-state index is 2.56. The molecule has 0 heterocycles. The van der Waals surface area contributed by atoms with Crippen molar-refractivity contribution in [2.24, 2.45) is 0 Å². The normalized spacial score (nSPS) is 16.7. The van der Waals surface area contributed by atoms with Gasteiger partial charge in [-0.2, -0.15) is 0 Å². The molecule has 2 unspecified atom stereocenters. The van der Waals surface area contributed by atoms with Crippen LogP contribution in [-0.2, 0) is 26.2 Å². The number of rotatable bonds is 12. The summed E-state index contributed by atoms with van der Waals surface area (Å²) >= 11 is 0. The van der Waals surface area contributed by atoms with Gasteiger partial charge in [-0.15, -0.1) is 0 Å². The Balaban J connectivity index is 0.00000417. The minimum atomic E-state index is 0. The Hall–Kier alpha value is -2.54. The van der Waals surface area contributed by atoms with Crippen molar-refractivity contribution in [2.45, 2.75) is 103 Å². The molecule has 0 bridgehead atoms. The summed E-state index contributed by atoms with van der Waals surface area (Å²) in [6, 6.07) is 35.2. The summed E-state index contributed by atoms with van der Waals surface area (Å²) in [6.07, 6.45) is 9.92.